The SMILES string of the molecule is CC(Cc1ccccc1F)Nc1ccc(C(C)C)cc1. The Morgan fingerprint density at radius 1 is 0.950 bits per heavy atom. The Bertz CT molecular complexity index is 546. The Morgan fingerprint density at radius 2 is 1.60 bits per heavy atom. The molecule has 2 aromatic carbocycles. The van der Waals surface area contributed by atoms with E-state index in [1.165, 1.54) is 11.6 Å². The fourth-order valence-electron chi connectivity index (χ4n) is 2.29. The molecule has 0 heterocycles. The van der Waals surface area contributed by atoms with Crippen LogP contribution in [0, 0.1) is 5.82 Å². The Hall–Kier alpha value is -1.83. The van der Waals surface area contributed by atoms with E-state index >= 15 is 0 Å². The standard InChI is InChI=1S/C18H22FN/c1-13(2)15-8-10-17(11-9-15)20-14(3)12-16-6-4-5-7-18(16)19/h4-11,13-14,20H,12H2,1-3H3. The van der Waals surface area contributed by atoms with Crippen LogP contribution >= 0.6 is 0 Å². The maximum atomic E-state index is 13.6. The van der Waals surface area contributed by atoms with Gasteiger partial charge in [-0.25, -0.2) is 4.39 Å². The minimum absolute atomic E-state index is 0.128. The maximum absolute atomic E-state index is 13.6. The molecule has 0 radical (unpaired) electrons. The van der Waals surface area contributed by atoms with Crippen molar-refractivity contribution in [3.05, 3.63) is 65.5 Å². The van der Waals surface area contributed by atoms with Gasteiger partial charge in [0.05, 0.1) is 0 Å². The molecule has 2 aromatic rings. The van der Waals surface area contributed by atoms with Crippen LogP contribution in [-0.2, 0) is 6.42 Å². The zero-order valence-electron chi connectivity index (χ0n) is 12.4. The van der Waals surface area contributed by atoms with Crippen molar-refractivity contribution in [2.45, 2.75) is 39.2 Å². The van der Waals surface area contributed by atoms with Crippen molar-refractivity contribution in [3.8, 4) is 0 Å². The van der Waals surface area contributed by atoms with Crippen LogP contribution < -0.4 is 5.32 Å². The zero-order valence-corrected chi connectivity index (χ0v) is 12.4. The Balaban J connectivity index is 1.97. The Kier molecular flexibility index (Phi) is 4.78. The second-order valence-corrected chi connectivity index (χ2v) is 5.62. The van der Waals surface area contributed by atoms with Crippen LogP contribution in [0.5, 0.6) is 0 Å². The molecule has 20 heavy (non-hydrogen) atoms. The molecule has 106 valence electrons. The van der Waals surface area contributed by atoms with Crippen molar-refractivity contribution in [2.24, 2.45) is 0 Å². The predicted molar refractivity (Wildman–Crippen MR) is 83.7 cm³/mol. The first kappa shape index (κ1) is 14.6. The second-order valence-electron chi connectivity index (χ2n) is 5.62. The van der Waals surface area contributed by atoms with Crippen LogP contribution in [-0.4, -0.2) is 6.04 Å². The van der Waals surface area contributed by atoms with E-state index in [-0.39, 0.29) is 11.9 Å². The molecular weight excluding hydrogens is 249 g/mol. The largest absolute Gasteiger partial charge is 0.382 e. The lowest BCUT2D eigenvalue weighted by atomic mass is 10.0. The van der Waals surface area contributed by atoms with E-state index in [4.69, 9.17) is 0 Å². The normalized spacial score (nSPS) is 12.4. The predicted octanol–water partition coefficient (Wildman–Crippen LogP) is 4.99. The summed E-state index contributed by atoms with van der Waals surface area (Å²) in [5.41, 5.74) is 3.17. The van der Waals surface area contributed by atoms with Gasteiger partial charge < -0.3 is 5.32 Å². The lowest BCUT2D eigenvalue weighted by molar-refractivity contribution is 0.601. The number of nitrogens with one attached hydrogen (secondary N) is 1. The molecule has 1 N–H and O–H groups in total. The van der Waals surface area contributed by atoms with Crippen LogP contribution in [0.4, 0.5) is 10.1 Å². The minimum atomic E-state index is -0.128. The van der Waals surface area contributed by atoms with Crippen LogP contribution in [0.2, 0.25) is 0 Å². The first-order valence-electron chi connectivity index (χ1n) is 7.16. The highest BCUT2D eigenvalue weighted by Crippen LogP contribution is 2.18. The van der Waals surface area contributed by atoms with Crippen molar-refractivity contribution in [3.63, 3.8) is 0 Å². The summed E-state index contributed by atoms with van der Waals surface area (Å²) in [6.07, 6.45) is 0.679. The fourth-order valence-corrected chi connectivity index (χ4v) is 2.29. The molecule has 0 aromatic heterocycles. The minimum Gasteiger partial charge on any atom is -0.382 e. The summed E-state index contributed by atoms with van der Waals surface area (Å²) in [6.45, 7) is 6.44. The average molecular weight is 271 g/mol. The Labute approximate surface area is 120 Å². The van der Waals surface area contributed by atoms with Gasteiger partial charge in [0.25, 0.3) is 0 Å². The number of anilines is 1. The number of hydrogen-bond acceptors (Lipinski definition) is 1. The first-order chi connectivity index (χ1) is 9.56. The quantitative estimate of drug-likeness (QED) is 0.807. The van der Waals surface area contributed by atoms with Gasteiger partial charge in [0, 0.05) is 11.7 Å². The molecule has 1 nitrogen and oxygen atoms in total. The van der Waals surface area contributed by atoms with Gasteiger partial charge in [-0.05, 0) is 48.6 Å². The molecule has 0 aliphatic carbocycles. The van der Waals surface area contributed by atoms with Crippen LogP contribution in [0.25, 0.3) is 0 Å². The molecule has 0 aliphatic heterocycles. The molecule has 0 amide bonds. The third kappa shape index (κ3) is 3.83. The number of halogens is 1. The van der Waals surface area contributed by atoms with E-state index in [0.717, 1.165) is 11.3 Å². The van der Waals surface area contributed by atoms with Gasteiger partial charge in [0.1, 0.15) is 5.82 Å². The summed E-state index contributed by atoms with van der Waals surface area (Å²) in [6, 6.07) is 15.6. The van der Waals surface area contributed by atoms with Gasteiger partial charge >= 0.3 is 0 Å². The van der Waals surface area contributed by atoms with Gasteiger partial charge in [-0.3, -0.25) is 0 Å². The molecular formula is C18H22FN. The molecule has 1 atom stereocenters. The van der Waals surface area contributed by atoms with Crippen LogP contribution in [0.15, 0.2) is 48.5 Å². The van der Waals surface area contributed by atoms with Gasteiger partial charge in [0.2, 0.25) is 0 Å². The highest BCUT2D eigenvalue weighted by Gasteiger charge is 2.07. The van der Waals surface area contributed by atoms with E-state index in [1.54, 1.807) is 6.07 Å². The number of hydrogen-bond donors (Lipinski definition) is 1. The van der Waals surface area contributed by atoms with E-state index < -0.39 is 0 Å². The van der Waals surface area contributed by atoms with Crippen molar-refractivity contribution in [1.29, 1.82) is 0 Å². The third-order valence-electron chi connectivity index (χ3n) is 3.47. The topological polar surface area (TPSA) is 12.0 Å². The monoisotopic (exact) mass is 271 g/mol. The Morgan fingerprint density at radius 3 is 2.20 bits per heavy atom. The molecule has 1 unspecified atom stereocenters. The smallest absolute Gasteiger partial charge is 0.126 e. The second kappa shape index (κ2) is 6.56. The van der Waals surface area contributed by atoms with Crippen LogP contribution in [0.1, 0.15) is 37.8 Å². The number of benzene rings is 2. The van der Waals surface area contributed by atoms with Crippen molar-refractivity contribution in [1.82, 2.24) is 0 Å². The summed E-state index contributed by atoms with van der Waals surface area (Å²) in [4.78, 5) is 0. The lowest BCUT2D eigenvalue weighted by Crippen LogP contribution is -2.18. The van der Waals surface area contributed by atoms with Gasteiger partial charge in [-0.1, -0.05) is 44.2 Å². The van der Waals surface area contributed by atoms with Gasteiger partial charge in [-0.2, -0.15) is 0 Å². The summed E-state index contributed by atoms with van der Waals surface area (Å²) < 4.78 is 13.6. The summed E-state index contributed by atoms with van der Waals surface area (Å²) >= 11 is 0. The van der Waals surface area contributed by atoms with Crippen LogP contribution in [0.3, 0.4) is 0 Å². The first-order valence-corrected chi connectivity index (χ1v) is 7.16. The zero-order chi connectivity index (χ0) is 14.5. The fraction of sp³-hybridized carbons (Fsp3) is 0.333. The molecule has 0 fully saturated rings. The van der Waals surface area contributed by atoms with E-state index in [2.05, 4.69) is 50.4 Å². The van der Waals surface area contributed by atoms with Crippen molar-refractivity contribution >= 4 is 5.69 Å². The van der Waals surface area contributed by atoms with Crippen molar-refractivity contribution < 1.29 is 4.39 Å². The summed E-state index contributed by atoms with van der Waals surface area (Å²) in [5, 5.41) is 3.42. The molecule has 0 bridgehead atoms. The maximum Gasteiger partial charge on any atom is 0.126 e. The number of rotatable bonds is 5. The van der Waals surface area contributed by atoms with Gasteiger partial charge in [-0.15, -0.1) is 0 Å². The lowest BCUT2D eigenvalue weighted by Gasteiger charge is -2.16. The van der Waals surface area contributed by atoms with Crippen molar-refractivity contribution in [2.75, 3.05) is 5.32 Å². The summed E-state index contributed by atoms with van der Waals surface area (Å²) in [5.74, 6) is 0.413. The molecule has 0 saturated heterocycles. The van der Waals surface area contributed by atoms with E-state index in [9.17, 15) is 4.39 Å². The molecule has 0 saturated carbocycles. The molecule has 0 aliphatic rings. The highest BCUT2D eigenvalue weighted by molar-refractivity contribution is 5.46. The third-order valence-corrected chi connectivity index (χ3v) is 3.47. The molecule has 2 heteroatoms. The molecule has 2 rings (SSSR count). The van der Waals surface area contributed by atoms with Gasteiger partial charge in [0.15, 0.2) is 0 Å². The van der Waals surface area contributed by atoms with E-state index in [1.807, 2.05) is 12.1 Å². The average Bonchev–Trinajstić information content (AvgIpc) is 2.42. The highest BCUT2D eigenvalue weighted by atomic mass is 19.1. The van der Waals surface area contributed by atoms with E-state index in [0.29, 0.717) is 12.3 Å². The summed E-state index contributed by atoms with van der Waals surface area (Å²) in [7, 11) is 0. The molecule has 0 spiro atoms.